The molecule has 5 nitrogen and oxygen atoms in total. The fraction of sp³-hybridized carbons (Fsp3) is 0.417. The van der Waals surface area contributed by atoms with Crippen molar-refractivity contribution >= 4 is 47.0 Å². The molecule has 0 N–H and O–H groups in total. The number of imide groups is 1. The van der Waals surface area contributed by atoms with E-state index >= 15 is 0 Å². The van der Waals surface area contributed by atoms with Crippen molar-refractivity contribution in [3.8, 4) is 0 Å². The number of amides is 2. The van der Waals surface area contributed by atoms with Crippen molar-refractivity contribution < 1.29 is 18.8 Å². The first-order chi connectivity index (χ1) is 15.4. The van der Waals surface area contributed by atoms with Crippen LogP contribution >= 0.6 is 8.03 Å². The van der Waals surface area contributed by atoms with Crippen molar-refractivity contribution in [1.29, 1.82) is 0 Å². The zero-order chi connectivity index (χ0) is 22.9. The summed E-state index contributed by atoms with van der Waals surface area (Å²) in [6, 6.07) is 20.0. The van der Waals surface area contributed by atoms with Gasteiger partial charge in [0.15, 0.2) is 0 Å². The van der Waals surface area contributed by atoms with Crippen LogP contribution in [0.2, 0.25) is 5.32 Å². The average molecular weight is 516 g/mol. The van der Waals surface area contributed by atoms with Crippen molar-refractivity contribution in [3.63, 3.8) is 0 Å². The van der Waals surface area contributed by atoms with Gasteiger partial charge in [-0.1, -0.05) is 6.07 Å². The number of nitrogens with zero attached hydrogens (tertiary/aromatic N) is 1. The minimum atomic E-state index is -1.03. The molecule has 1 fully saturated rings. The van der Waals surface area contributed by atoms with E-state index in [9.17, 15) is 9.59 Å². The molecule has 0 spiro atoms. The normalized spacial score (nSPS) is 18.8. The summed E-state index contributed by atoms with van der Waals surface area (Å²) in [4.78, 5) is 26.9. The van der Waals surface area contributed by atoms with Crippen LogP contribution in [0.3, 0.4) is 0 Å². The van der Waals surface area contributed by atoms with Crippen LogP contribution in [0.4, 0.5) is 4.79 Å². The molecule has 3 rings (SSSR count). The number of carbonyl (C=O) groups excluding carboxylic acids is 2. The minimum absolute atomic E-state index is 0.105. The maximum atomic E-state index is 13.2. The van der Waals surface area contributed by atoms with E-state index in [2.05, 4.69) is 24.3 Å². The van der Waals surface area contributed by atoms with Gasteiger partial charge in [-0.3, -0.25) is 0 Å². The Morgan fingerprint density at radius 3 is 2.53 bits per heavy atom. The summed E-state index contributed by atoms with van der Waals surface area (Å²) in [5, 5.41) is 1.01. The standard InChI is InChI=1S/C24H29BNO4PSe/c1-18(15-21(30-31(2)25)13-14-32-22-11-7-4-8-12-22)23(27)26-20(17-29-24(26)28)16-19-9-5-3-6-10-19/h3-12,18,20-21H,13-17H2,1-2H3/t18-,20+,21+,31?/m0/s1. The van der Waals surface area contributed by atoms with Crippen LogP contribution in [-0.4, -0.2) is 64.8 Å². The van der Waals surface area contributed by atoms with E-state index in [1.807, 2.05) is 50.0 Å². The molecule has 0 aliphatic carbocycles. The Labute approximate surface area is 199 Å². The van der Waals surface area contributed by atoms with Gasteiger partial charge in [0.1, 0.15) is 0 Å². The third kappa shape index (κ3) is 7.45. The van der Waals surface area contributed by atoms with Crippen LogP contribution < -0.4 is 4.46 Å². The number of cyclic esters (lactones) is 1. The topological polar surface area (TPSA) is 55.8 Å². The van der Waals surface area contributed by atoms with Crippen LogP contribution in [0.15, 0.2) is 60.7 Å². The fourth-order valence-corrected chi connectivity index (χ4v) is 6.46. The number of ether oxygens (including phenoxy) is 1. The molecule has 8 heteroatoms. The zero-order valence-electron chi connectivity index (χ0n) is 18.6. The monoisotopic (exact) mass is 517 g/mol. The second kappa shape index (κ2) is 12.6. The van der Waals surface area contributed by atoms with Gasteiger partial charge in [0.2, 0.25) is 0 Å². The number of rotatable bonds is 11. The van der Waals surface area contributed by atoms with Crippen LogP contribution in [0.1, 0.15) is 25.3 Å². The summed E-state index contributed by atoms with van der Waals surface area (Å²) >= 11 is 0.348. The van der Waals surface area contributed by atoms with Gasteiger partial charge in [0, 0.05) is 0 Å². The van der Waals surface area contributed by atoms with E-state index in [-0.39, 0.29) is 30.6 Å². The quantitative estimate of drug-likeness (QED) is 0.336. The molecule has 1 aliphatic heterocycles. The third-order valence-corrected chi connectivity index (χ3v) is 8.14. The molecule has 2 radical (unpaired) electrons. The van der Waals surface area contributed by atoms with Gasteiger partial charge in [0.25, 0.3) is 0 Å². The van der Waals surface area contributed by atoms with E-state index in [1.54, 1.807) is 0 Å². The summed E-state index contributed by atoms with van der Waals surface area (Å²) in [6.07, 6.45) is 1.31. The summed E-state index contributed by atoms with van der Waals surface area (Å²) in [6.45, 7) is 3.96. The average Bonchev–Trinajstić information content (AvgIpc) is 3.14. The van der Waals surface area contributed by atoms with Crippen molar-refractivity contribution in [1.82, 2.24) is 4.90 Å². The summed E-state index contributed by atoms with van der Waals surface area (Å²) in [7, 11) is 4.93. The first-order valence-electron chi connectivity index (χ1n) is 10.8. The van der Waals surface area contributed by atoms with E-state index in [0.29, 0.717) is 27.8 Å². The van der Waals surface area contributed by atoms with Crippen molar-refractivity contribution in [2.75, 3.05) is 13.3 Å². The van der Waals surface area contributed by atoms with Gasteiger partial charge in [-0.05, 0) is 0 Å². The van der Waals surface area contributed by atoms with Crippen LogP contribution in [0, 0.1) is 5.92 Å². The van der Waals surface area contributed by atoms with E-state index < -0.39 is 14.1 Å². The Morgan fingerprint density at radius 2 is 1.88 bits per heavy atom. The first-order valence-corrected chi connectivity index (χ1v) is 14.6. The molecular weight excluding hydrogens is 487 g/mol. The van der Waals surface area contributed by atoms with Gasteiger partial charge >= 0.3 is 194 Å². The van der Waals surface area contributed by atoms with Crippen LogP contribution in [-0.2, 0) is 20.5 Å². The van der Waals surface area contributed by atoms with Gasteiger partial charge < -0.3 is 0 Å². The van der Waals surface area contributed by atoms with Crippen molar-refractivity contribution in [2.24, 2.45) is 5.92 Å². The number of benzene rings is 2. The fourth-order valence-electron chi connectivity index (χ4n) is 3.77. The molecule has 32 heavy (non-hydrogen) atoms. The second-order valence-corrected chi connectivity index (χ2v) is 11.7. The van der Waals surface area contributed by atoms with Crippen molar-refractivity contribution in [2.45, 2.75) is 43.7 Å². The molecule has 0 saturated carbocycles. The summed E-state index contributed by atoms with van der Waals surface area (Å²) < 4.78 is 12.6. The molecule has 0 aromatic heterocycles. The Morgan fingerprint density at radius 1 is 1.22 bits per heavy atom. The Kier molecular flexibility index (Phi) is 9.80. The Hall–Kier alpha value is -1.65. The molecular formula is C24H29BNO4PSe. The van der Waals surface area contributed by atoms with Crippen molar-refractivity contribution in [3.05, 3.63) is 66.2 Å². The summed E-state index contributed by atoms with van der Waals surface area (Å²) in [5.74, 6) is -0.559. The van der Waals surface area contributed by atoms with Gasteiger partial charge in [0.05, 0.1) is 0 Å². The number of hydrogen-bond donors (Lipinski definition) is 0. The van der Waals surface area contributed by atoms with E-state index in [0.717, 1.165) is 17.3 Å². The maximum absolute atomic E-state index is 13.2. The van der Waals surface area contributed by atoms with Gasteiger partial charge in [-0.25, -0.2) is 0 Å². The molecule has 2 aromatic rings. The molecule has 0 bridgehead atoms. The molecule has 1 heterocycles. The van der Waals surface area contributed by atoms with Gasteiger partial charge in [-0.15, -0.1) is 0 Å². The summed E-state index contributed by atoms with van der Waals surface area (Å²) in [5.41, 5.74) is 1.07. The first kappa shape index (κ1) is 25.0. The van der Waals surface area contributed by atoms with Crippen LogP contribution in [0.5, 0.6) is 0 Å². The van der Waals surface area contributed by atoms with Crippen LogP contribution in [0.25, 0.3) is 0 Å². The zero-order valence-corrected chi connectivity index (χ0v) is 21.2. The molecule has 2 amide bonds. The molecule has 1 unspecified atom stereocenters. The molecule has 4 atom stereocenters. The van der Waals surface area contributed by atoms with E-state index in [1.165, 1.54) is 9.36 Å². The molecule has 1 aliphatic rings. The SMILES string of the molecule is [B]P(C)O[C@H](CC[Se]c1ccccc1)C[C@H](C)C(=O)N1C(=O)OC[C@H]1Cc1ccccc1. The Bertz CT molecular complexity index is 871. The Balaban J connectivity index is 1.58. The predicted octanol–water partition coefficient (Wildman–Crippen LogP) is 3.94. The molecule has 2 aromatic carbocycles. The predicted molar refractivity (Wildman–Crippen MR) is 131 cm³/mol. The molecule has 1 saturated heterocycles. The third-order valence-electron chi connectivity index (χ3n) is 5.32. The molecule has 168 valence electrons. The number of carbonyl (C=O) groups is 2. The second-order valence-electron chi connectivity index (χ2n) is 7.99. The number of hydrogen-bond acceptors (Lipinski definition) is 4. The van der Waals surface area contributed by atoms with E-state index in [4.69, 9.17) is 16.8 Å². The van der Waals surface area contributed by atoms with Gasteiger partial charge in [-0.2, -0.15) is 0 Å².